The van der Waals surface area contributed by atoms with Crippen LogP contribution in [-0.2, 0) is 0 Å². The van der Waals surface area contributed by atoms with Crippen molar-refractivity contribution in [1.29, 1.82) is 0 Å². The van der Waals surface area contributed by atoms with Crippen LogP contribution in [0.3, 0.4) is 0 Å². The van der Waals surface area contributed by atoms with Crippen molar-refractivity contribution in [2.75, 3.05) is 14.2 Å². The average molecular weight is 232 g/mol. The molecular weight excluding hydrogens is 220 g/mol. The van der Waals surface area contributed by atoms with Gasteiger partial charge in [0.25, 0.3) is 11.8 Å². The van der Waals surface area contributed by atoms with Gasteiger partial charge in [-0.25, -0.2) is 4.98 Å². The summed E-state index contributed by atoms with van der Waals surface area (Å²) < 4.78 is 5.08. The molecule has 1 aliphatic heterocycles. The number of amides is 2. The monoisotopic (exact) mass is 232 g/mol. The fraction of sp³-hybridized carbons (Fsp3) is 0.417. The molecule has 0 N–H and O–H groups in total. The predicted octanol–water partition coefficient (Wildman–Crippen LogP) is 1.19. The maximum absolute atomic E-state index is 12.0. The molecule has 2 amide bonds. The lowest BCUT2D eigenvalue weighted by atomic mass is 10.1. The van der Waals surface area contributed by atoms with Crippen LogP contribution in [-0.4, -0.2) is 35.9 Å². The van der Waals surface area contributed by atoms with E-state index in [4.69, 9.17) is 4.74 Å². The van der Waals surface area contributed by atoms with Gasteiger partial charge in [0, 0.05) is 19.0 Å². The topological polar surface area (TPSA) is 59.5 Å². The van der Waals surface area contributed by atoms with E-state index in [2.05, 4.69) is 4.98 Å². The van der Waals surface area contributed by atoms with Crippen molar-refractivity contribution in [3.63, 3.8) is 0 Å². The summed E-state index contributed by atoms with van der Waals surface area (Å²) in [6.45, 7) is 0. The van der Waals surface area contributed by atoms with Crippen molar-refractivity contribution >= 4 is 11.8 Å². The van der Waals surface area contributed by atoms with Gasteiger partial charge < -0.3 is 4.74 Å². The molecule has 1 fully saturated rings. The van der Waals surface area contributed by atoms with E-state index in [1.165, 1.54) is 14.2 Å². The number of fused-ring (bicyclic) bond motifs is 1. The normalized spacial score (nSPS) is 18.6. The number of hydrogen-bond donors (Lipinski definition) is 0. The van der Waals surface area contributed by atoms with Crippen LogP contribution in [0.5, 0.6) is 5.88 Å². The number of methoxy groups -OCH3 is 1. The summed E-state index contributed by atoms with van der Waals surface area (Å²) in [6, 6.07) is 1.55. The van der Waals surface area contributed by atoms with Crippen molar-refractivity contribution < 1.29 is 14.3 Å². The largest absolute Gasteiger partial charge is 0.481 e. The summed E-state index contributed by atoms with van der Waals surface area (Å²) in [5.41, 5.74) is 1.62. The van der Waals surface area contributed by atoms with Crippen LogP contribution in [0.25, 0.3) is 0 Å². The van der Waals surface area contributed by atoms with Crippen molar-refractivity contribution in [1.82, 2.24) is 9.88 Å². The molecule has 1 aromatic rings. The Hall–Kier alpha value is -1.91. The Morgan fingerprint density at radius 2 is 2.06 bits per heavy atom. The Kier molecular flexibility index (Phi) is 1.98. The summed E-state index contributed by atoms with van der Waals surface area (Å²) in [4.78, 5) is 29.3. The Labute approximate surface area is 98.4 Å². The molecule has 1 aromatic heterocycles. The summed E-state index contributed by atoms with van der Waals surface area (Å²) in [6.07, 6.45) is 2.05. The Morgan fingerprint density at radius 3 is 2.65 bits per heavy atom. The summed E-state index contributed by atoms with van der Waals surface area (Å²) in [5.74, 6) is 0.193. The zero-order chi connectivity index (χ0) is 12.2. The van der Waals surface area contributed by atoms with Gasteiger partial charge in [-0.2, -0.15) is 0 Å². The van der Waals surface area contributed by atoms with Crippen molar-refractivity contribution in [3.8, 4) is 5.88 Å². The standard InChI is InChI=1S/C12H12N2O3/c1-14-11(15)7-5-8(17-2)13-10(6-3-4-6)9(7)12(14)16/h5-6H,3-4H2,1-2H3. The van der Waals surface area contributed by atoms with E-state index in [1.54, 1.807) is 6.07 Å². The molecule has 2 aliphatic rings. The van der Waals surface area contributed by atoms with Gasteiger partial charge in [-0.3, -0.25) is 14.5 Å². The molecule has 0 radical (unpaired) electrons. The highest BCUT2D eigenvalue weighted by Gasteiger charge is 2.40. The first-order valence-electron chi connectivity index (χ1n) is 5.54. The van der Waals surface area contributed by atoms with Gasteiger partial charge in [0.1, 0.15) is 0 Å². The Bertz CT molecular complexity index is 535. The first-order chi connectivity index (χ1) is 8.13. The second-order valence-electron chi connectivity index (χ2n) is 4.42. The number of imide groups is 1. The molecule has 0 aromatic carbocycles. The quantitative estimate of drug-likeness (QED) is 0.719. The Morgan fingerprint density at radius 1 is 1.35 bits per heavy atom. The van der Waals surface area contributed by atoms with Gasteiger partial charge in [0.05, 0.1) is 23.9 Å². The fourth-order valence-electron chi connectivity index (χ4n) is 2.13. The number of carbonyl (C=O) groups excluding carboxylic acids is 2. The van der Waals surface area contributed by atoms with Crippen LogP contribution < -0.4 is 4.74 Å². The summed E-state index contributed by atoms with van der Waals surface area (Å²) in [7, 11) is 3.00. The smallest absolute Gasteiger partial charge is 0.263 e. The summed E-state index contributed by atoms with van der Waals surface area (Å²) in [5, 5.41) is 0. The zero-order valence-corrected chi connectivity index (χ0v) is 9.69. The van der Waals surface area contributed by atoms with Crippen molar-refractivity contribution in [2.45, 2.75) is 18.8 Å². The number of pyridine rings is 1. The van der Waals surface area contributed by atoms with Gasteiger partial charge in [0.15, 0.2) is 0 Å². The van der Waals surface area contributed by atoms with Gasteiger partial charge >= 0.3 is 0 Å². The SMILES string of the molecule is COc1cc2c(c(C3CC3)n1)C(=O)N(C)C2=O. The van der Waals surface area contributed by atoms with E-state index < -0.39 is 0 Å². The highest BCUT2D eigenvalue weighted by molar-refractivity contribution is 6.21. The molecule has 1 aliphatic carbocycles. The van der Waals surface area contributed by atoms with Crippen molar-refractivity contribution in [2.24, 2.45) is 0 Å². The number of rotatable bonds is 2. The molecule has 5 heteroatoms. The predicted molar refractivity (Wildman–Crippen MR) is 59.2 cm³/mol. The molecule has 5 nitrogen and oxygen atoms in total. The molecule has 0 spiro atoms. The fourth-order valence-corrected chi connectivity index (χ4v) is 2.13. The average Bonchev–Trinajstić information content (AvgIpc) is 3.15. The van der Waals surface area contributed by atoms with Gasteiger partial charge in [-0.15, -0.1) is 0 Å². The van der Waals surface area contributed by atoms with Crippen molar-refractivity contribution in [3.05, 3.63) is 22.9 Å². The minimum Gasteiger partial charge on any atom is -0.481 e. The molecule has 0 unspecified atom stereocenters. The lowest BCUT2D eigenvalue weighted by Crippen LogP contribution is -2.24. The number of aromatic nitrogens is 1. The third kappa shape index (κ3) is 1.35. The molecule has 0 bridgehead atoms. The van der Waals surface area contributed by atoms with Crippen LogP contribution in [0.15, 0.2) is 6.07 Å². The second-order valence-corrected chi connectivity index (χ2v) is 4.42. The number of carbonyl (C=O) groups is 2. The molecule has 1 saturated carbocycles. The molecule has 3 rings (SSSR count). The van der Waals surface area contributed by atoms with E-state index in [-0.39, 0.29) is 11.8 Å². The number of hydrogen-bond acceptors (Lipinski definition) is 4. The maximum Gasteiger partial charge on any atom is 0.263 e. The number of ether oxygens (including phenoxy) is 1. The lowest BCUT2D eigenvalue weighted by Gasteiger charge is -2.06. The summed E-state index contributed by atoms with van der Waals surface area (Å²) >= 11 is 0. The van der Waals surface area contributed by atoms with Gasteiger partial charge in [-0.05, 0) is 12.8 Å². The molecule has 88 valence electrons. The van der Waals surface area contributed by atoms with E-state index in [1.807, 2.05) is 0 Å². The molecule has 17 heavy (non-hydrogen) atoms. The van der Waals surface area contributed by atoms with Crippen LogP contribution in [0.4, 0.5) is 0 Å². The minimum atomic E-state index is -0.271. The second kappa shape index (κ2) is 3.29. The first kappa shape index (κ1) is 10.3. The van der Waals surface area contributed by atoms with E-state index in [0.29, 0.717) is 22.9 Å². The van der Waals surface area contributed by atoms with E-state index >= 15 is 0 Å². The van der Waals surface area contributed by atoms with Gasteiger partial charge in [0.2, 0.25) is 5.88 Å². The van der Waals surface area contributed by atoms with Crippen LogP contribution in [0.2, 0.25) is 0 Å². The maximum atomic E-state index is 12.0. The number of nitrogens with zero attached hydrogens (tertiary/aromatic N) is 2. The van der Waals surface area contributed by atoms with E-state index in [9.17, 15) is 9.59 Å². The highest BCUT2D eigenvalue weighted by atomic mass is 16.5. The molecule has 0 atom stereocenters. The molecule has 0 saturated heterocycles. The Balaban J connectivity index is 2.24. The zero-order valence-electron chi connectivity index (χ0n) is 9.69. The lowest BCUT2D eigenvalue weighted by molar-refractivity contribution is 0.0692. The third-order valence-corrected chi connectivity index (χ3v) is 3.25. The third-order valence-electron chi connectivity index (χ3n) is 3.25. The van der Waals surface area contributed by atoms with Crippen LogP contribution in [0, 0.1) is 0 Å². The molecular formula is C12H12N2O3. The van der Waals surface area contributed by atoms with Gasteiger partial charge in [-0.1, -0.05) is 0 Å². The first-order valence-corrected chi connectivity index (χ1v) is 5.54. The van der Waals surface area contributed by atoms with E-state index in [0.717, 1.165) is 23.4 Å². The minimum absolute atomic E-state index is 0.248. The molecule has 2 heterocycles. The van der Waals surface area contributed by atoms with Crippen LogP contribution >= 0.6 is 0 Å². The van der Waals surface area contributed by atoms with Crippen LogP contribution in [0.1, 0.15) is 45.2 Å². The highest BCUT2D eigenvalue weighted by Crippen LogP contribution is 2.43.